The summed E-state index contributed by atoms with van der Waals surface area (Å²) in [5.74, 6) is 0.157. The Morgan fingerprint density at radius 2 is 1.61 bits per heavy atom. The number of carbonyl (C=O) groups is 2. The highest BCUT2D eigenvalue weighted by molar-refractivity contribution is 6.24. The molecule has 0 unspecified atom stereocenters. The number of hydrogen-bond donors (Lipinski definition) is 0. The van der Waals surface area contributed by atoms with E-state index in [-0.39, 0.29) is 5.91 Å². The fourth-order valence-electron chi connectivity index (χ4n) is 5.03. The van der Waals surface area contributed by atoms with Crippen molar-refractivity contribution in [3.05, 3.63) is 78.4 Å². The number of methoxy groups -OCH3 is 1. The number of ether oxygens (including phenoxy) is 3. The number of anilines is 2. The van der Waals surface area contributed by atoms with Crippen molar-refractivity contribution in [2.45, 2.75) is 38.8 Å². The van der Waals surface area contributed by atoms with Gasteiger partial charge in [0.15, 0.2) is 17.6 Å². The van der Waals surface area contributed by atoms with Crippen molar-refractivity contribution in [3.8, 4) is 17.2 Å². The van der Waals surface area contributed by atoms with Crippen LogP contribution < -0.4 is 24.2 Å². The third-order valence-electron chi connectivity index (χ3n) is 6.82. The number of para-hydroxylation sites is 3. The van der Waals surface area contributed by atoms with E-state index in [4.69, 9.17) is 19.0 Å². The highest BCUT2D eigenvalue weighted by Crippen LogP contribution is 2.49. The van der Waals surface area contributed by atoms with E-state index in [0.717, 1.165) is 24.1 Å². The Morgan fingerprint density at radius 1 is 0.842 bits per heavy atom. The lowest BCUT2D eigenvalue weighted by atomic mass is 9.90. The van der Waals surface area contributed by atoms with Crippen LogP contribution in [0.1, 0.15) is 38.3 Å². The molecule has 5 rings (SSSR count). The zero-order valence-electron chi connectivity index (χ0n) is 21.8. The van der Waals surface area contributed by atoms with Crippen LogP contribution in [0.3, 0.4) is 0 Å². The van der Waals surface area contributed by atoms with E-state index in [0.29, 0.717) is 36.1 Å². The number of nitrogens with zero attached hydrogens (tertiary/aromatic N) is 2. The summed E-state index contributed by atoms with van der Waals surface area (Å²) in [5, 5.41) is 1.67. The molecular weight excluding hydrogens is 484 g/mol. The minimum Gasteiger partial charge on any atom is -0.495 e. The molecule has 0 N–H and O–H groups in total. The number of carbonyl (C=O) groups excluding carboxylic acids is 2. The van der Waals surface area contributed by atoms with Gasteiger partial charge < -0.3 is 14.2 Å². The maximum Gasteiger partial charge on any atom is 0.266 e. The van der Waals surface area contributed by atoms with Gasteiger partial charge in [-0.3, -0.25) is 14.4 Å². The van der Waals surface area contributed by atoms with E-state index in [1.54, 1.807) is 29.3 Å². The lowest BCUT2D eigenvalue weighted by Gasteiger charge is -2.29. The number of imide groups is 1. The first kappa shape index (κ1) is 25.6. The quantitative estimate of drug-likeness (QED) is 0.266. The van der Waals surface area contributed by atoms with E-state index in [1.165, 1.54) is 12.0 Å². The molecule has 2 fully saturated rings. The number of amides is 2. The first-order chi connectivity index (χ1) is 18.6. The Kier molecular flexibility index (Phi) is 7.51. The molecule has 0 aromatic heterocycles. The maximum absolute atomic E-state index is 14.0. The van der Waals surface area contributed by atoms with Crippen molar-refractivity contribution < 1.29 is 28.6 Å². The Labute approximate surface area is 222 Å². The van der Waals surface area contributed by atoms with Crippen LogP contribution in [0, 0.1) is 5.92 Å². The molecule has 2 amide bonds. The monoisotopic (exact) mass is 516 g/mol. The second kappa shape index (κ2) is 11.1. The Morgan fingerprint density at radius 3 is 2.34 bits per heavy atom. The number of hydroxylamine groups is 1. The fraction of sp³-hybridized carbons (Fsp3) is 0.333. The number of fused-ring (bicyclic) bond motifs is 1. The van der Waals surface area contributed by atoms with E-state index < -0.39 is 24.0 Å². The number of hydrogen-bond acceptors (Lipinski definition) is 7. The molecule has 0 aliphatic carbocycles. The van der Waals surface area contributed by atoms with Gasteiger partial charge in [-0.1, -0.05) is 49.7 Å². The first-order valence-electron chi connectivity index (χ1n) is 13.0. The van der Waals surface area contributed by atoms with Crippen LogP contribution in [-0.2, 0) is 14.4 Å². The molecule has 8 nitrogen and oxygen atoms in total. The number of unbranched alkanes of at least 4 members (excludes halogenated alkanes) is 1. The van der Waals surface area contributed by atoms with Crippen LogP contribution in [-0.4, -0.2) is 38.2 Å². The van der Waals surface area contributed by atoms with Gasteiger partial charge in [0.1, 0.15) is 11.7 Å². The first-order valence-corrected chi connectivity index (χ1v) is 13.0. The third-order valence-corrected chi connectivity index (χ3v) is 6.82. The van der Waals surface area contributed by atoms with Gasteiger partial charge in [0, 0.05) is 0 Å². The maximum atomic E-state index is 14.0. The van der Waals surface area contributed by atoms with Crippen molar-refractivity contribution in [1.82, 2.24) is 0 Å². The summed E-state index contributed by atoms with van der Waals surface area (Å²) in [4.78, 5) is 35.1. The summed E-state index contributed by atoms with van der Waals surface area (Å²) in [7, 11) is 1.51. The second-order valence-electron chi connectivity index (χ2n) is 9.18. The molecule has 2 heterocycles. The van der Waals surface area contributed by atoms with Crippen molar-refractivity contribution in [2.75, 3.05) is 30.3 Å². The van der Waals surface area contributed by atoms with Gasteiger partial charge in [0.05, 0.1) is 37.7 Å². The van der Waals surface area contributed by atoms with Gasteiger partial charge in [-0.2, -0.15) is 0 Å². The summed E-state index contributed by atoms with van der Waals surface area (Å²) in [6.45, 7) is 5.07. The molecule has 8 heteroatoms. The number of rotatable bonds is 10. The average Bonchev–Trinajstić information content (AvgIpc) is 3.45. The lowest BCUT2D eigenvalue weighted by Crippen LogP contribution is -2.37. The molecule has 2 saturated heterocycles. The normalized spacial score (nSPS) is 20.6. The molecule has 2 aliphatic rings. The van der Waals surface area contributed by atoms with Crippen molar-refractivity contribution in [3.63, 3.8) is 0 Å². The van der Waals surface area contributed by atoms with Crippen LogP contribution in [0.5, 0.6) is 17.2 Å². The zero-order valence-corrected chi connectivity index (χ0v) is 21.8. The molecule has 198 valence electrons. The molecule has 0 spiro atoms. The van der Waals surface area contributed by atoms with Crippen LogP contribution in [0.15, 0.2) is 72.8 Å². The summed E-state index contributed by atoms with van der Waals surface area (Å²) >= 11 is 0. The molecule has 38 heavy (non-hydrogen) atoms. The zero-order chi connectivity index (χ0) is 26.6. The van der Waals surface area contributed by atoms with Gasteiger partial charge in [-0.25, -0.2) is 9.96 Å². The second-order valence-corrected chi connectivity index (χ2v) is 9.18. The molecule has 3 aromatic rings. The standard InChI is InChI=1S/C30H32N2O6/c1-4-6-18-37-24-17-16-20(19-25(24)36-5-2)27-26-28(38-32(27)21-12-8-7-9-13-21)30(34)31(29(26)33)22-14-10-11-15-23(22)35-3/h7-17,19,26-28H,4-6,18H2,1-3H3/t26-,27-,28-/m1/s1. The molecule has 0 bridgehead atoms. The SMILES string of the molecule is CCCCOc1ccc([C@@H]2[C@H]3C(=O)N(c4ccccc4OC)C(=O)[C@@H]3ON2c2ccccc2)cc1OCC. The van der Waals surface area contributed by atoms with Gasteiger partial charge >= 0.3 is 0 Å². The molecule has 3 aromatic carbocycles. The summed E-state index contributed by atoms with van der Waals surface area (Å²) in [5.41, 5.74) is 1.94. The minimum atomic E-state index is -0.978. The molecule has 0 saturated carbocycles. The topological polar surface area (TPSA) is 77.5 Å². The van der Waals surface area contributed by atoms with Crippen molar-refractivity contribution in [1.29, 1.82) is 0 Å². The third kappa shape index (κ3) is 4.56. The predicted octanol–water partition coefficient (Wildman–Crippen LogP) is 5.32. The van der Waals surface area contributed by atoms with Gasteiger partial charge in [-0.15, -0.1) is 0 Å². The molecule has 3 atom stereocenters. The van der Waals surface area contributed by atoms with E-state index >= 15 is 0 Å². The molecule has 2 aliphatic heterocycles. The highest BCUT2D eigenvalue weighted by Gasteiger charge is 2.60. The van der Waals surface area contributed by atoms with E-state index in [2.05, 4.69) is 6.92 Å². The van der Waals surface area contributed by atoms with Crippen molar-refractivity contribution >= 4 is 23.2 Å². The van der Waals surface area contributed by atoms with Crippen molar-refractivity contribution in [2.24, 2.45) is 5.92 Å². The predicted molar refractivity (Wildman–Crippen MR) is 144 cm³/mol. The lowest BCUT2D eigenvalue weighted by molar-refractivity contribution is -0.126. The summed E-state index contributed by atoms with van der Waals surface area (Å²) in [6.07, 6.45) is 0.980. The van der Waals surface area contributed by atoms with Crippen LogP contribution in [0.4, 0.5) is 11.4 Å². The fourth-order valence-corrected chi connectivity index (χ4v) is 5.03. The average molecular weight is 517 g/mol. The van der Waals surface area contributed by atoms with Crippen LogP contribution >= 0.6 is 0 Å². The Bertz CT molecular complexity index is 1300. The molecular formula is C30H32N2O6. The Hall–Kier alpha value is -4.04. The smallest absolute Gasteiger partial charge is 0.266 e. The van der Waals surface area contributed by atoms with Gasteiger partial charge in [-0.05, 0) is 55.3 Å². The largest absolute Gasteiger partial charge is 0.495 e. The van der Waals surface area contributed by atoms with Gasteiger partial charge in [0.2, 0.25) is 5.91 Å². The minimum absolute atomic E-state index is 0.339. The van der Waals surface area contributed by atoms with Gasteiger partial charge in [0.25, 0.3) is 5.91 Å². The highest BCUT2D eigenvalue weighted by atomic mass is 16.7. The van der Waals surface area contributed by atoms with E-state index in [9.17, 15) is 9.59 Å². The summed E-state index contributed by atoms with van der Waals surface area (Å²) < 4.78 is 17.3. The summed E-state index contributed by atoms with van der Waals surface area (Å²) in [6, 6.07) is 21.6. The van der Waals surface area contributed by atoms with Crippen LogP contribution in [0.2, 0.25) is 0 Å². The molecule has 0 radical (unpaired) electrons. The number of benzene rings is 3. The van der Waals surface area contributed by atoms with Crippen LogP contribution in [0.25, 0.3) is 0 Å². The van der Waals surface area contributed by atoms with E-state index in [1.807, 2.05) is 55.5 Å². The Balaban J connectivity index is 1.56.